The van der Waals surface area contributed by atoms with Crippen molar-refractivity contribution in [2.75, 3.05) is 21.2 Å². The van der Waals surface area contributed by atoms with Crippen molar-refractivity contribution < 1.29 is 38.6 Å². The molecule has 3 rings (SSSR count). The minimum absolute atomic E-state index is 0. The Kier molecular flexibility index (Phi) is 44.1. The predicted molar refractivity (Wildman–Crippen MR) is 214 cm³/mol. The highest BCUT2D eigenvalue weighted by Crippen LogP contribution is 2.42. The second-order valence-electron chi connectivity index (χ2n) is 11.0. The van der Waals surface area contributed by atoms with Crippen LogP contribution >= 0.6 is 0 Å². The Morgan fingerprint density at radius 3 is 1.59 bits per heavy atom. The van der Waals surface area contributed by atoms with Crippen LogP contribution in [0.5, 0.6) is 5.75 Å². The highest BCUT2D eigenvalue weighted by Gasteiger charge is 2.33. The molecule has 1 aliphatic carbocycles. The third-order valence-electron chi connectivity index (χ3n) is 7.07. The molecule has 0 spiro atoms. The van der Waals surface area contributed by atoms with Crippen LogP contribution in [-0.4, -0.2) is 56.5 Å². The first-order valence-electron chi connectivity index (χ1n) is 16.6. The lowest BCUT2D eigenvalue weighted by Crippen LogP contribution is -2.11. The summed E-state index contributed by atoms with van der Waals surface area (Å²) in [4.78, 5) is 49.1. The second kappa shape index (κ2) is 38.3. The fourth-order valence-electron chi connectivity index (χ4n) is 4.47. The number of esters is 1. The van der Waals surface area contributed by atoms with E-state index in [0.29, 0.717) is 12.2 Å². The molecule has 1 fully saturated rings. The highest BCUT2D eigenvalue weighted by atomic mass is 16.5. The van der Waals surface area contributed by atoms with Crippen molar-refractivity contribution in [3.8, 4) is 5.75 Å². The maximum Gasteiger partial charge on any atom is 0.336 e. The summed E-state index contributed by atoms with van der Waals surface area (Å²) < 4.78 is 9.16. The van der Waals surface area contributed by atoms with E-state index < -0.39 is 5.97 Å². The molecule has 0 saturated heterocycles. The SMILES string of the molecule is C.C.CC.CC(=O)O.CCC1C(C)CC(C)C1C.CNC(C)=O.CNC(C)=O.COC=O.Cc1ccc(OC(=O)/C=C/c2ccccc2)c(C)c1. The van der Waals surface area contributed by atoms with Crippen LogP contribution in [0.4, 0.5) is 0 Å². The normalized spacial score (nSPS) is 15.7. The van der Waals surface area contributed by atoms with Crippen LogP contribution in [0.1, 0.15) is 107 Å². The van der Waals surface area contributed by atoms with Crippen LogP contribution in [0.3, 0.4) is 0 Å². The van der Waals surface area contributed by atoms with E-state index >= 15 is 0 Å². The standard InChI is InChI=1S/C17H16O2.C10H20.2C3H7NO.2C2H4O2.C2H6.2CH4/c1-13-8-10-16(14(2)12-13)19-17(18)11-9-15-6-4-3-5-7-15;1-5-10-8(3)6-7(2)9(10)4;2*1-3(5)4-2;1-4-2-3;1-2(3)4;1-2;;/h3-12H,1-2H3;7-10H,5-6H2,1-4H3;2*1-2H3,(H,4,5);2H,1H3;1H3,(H,3,4);1-2H3;2*1H4/b11-9+;;;;;;;;. The first-order valence-corrected chi connectivity index (χ1v) is 16.6. The summed E-state index contributed by atoms with van der Waals surface area (Å²) in [5.41, 5.74) is 3.08. The molecule has 1 saturated carbocycles. The van der Waals surface area contributed by atoms with Crippen molar-refractivity contribution in [1.29, 1.82) is 0 Å². The minimum Gasteiger partial charge on any atom is -0.481 e. The summed E-state index contributed by atoms with van der Waals surface area (Å²) in [7, 11) is 4.51. The Bertz CT molecular complexity index is 1180. The van der Waals surface area contributed by atoms with Gasteiger partial charge in [-0.2, -0.15) is 0 Å². The van der Waals surface area contributed by atoms with Gasteiger partial charge in [0.15, 0.2) is 0 Å². The van der Waals surface area contributed by atoms with Gasteiger partial charge in [0, 0.05) is 40.9 Å². The molecule has 4 atom stereocenters. The zero-order valence-electron chi connectivity index (χ0n) is 32.4. The lowest BCUT2D eigenvalue weighted by Gasteiger charge is -2.18. The summed E-state index contributed by atoms with van der Waals surface area (Å²) in [6, 6.07) is 15.4. The number of hydrogen-bond donors (Lipinski definition) is 3. The molecule has 2 aromatic rings. The number of carbonyl (C=O) groups excluding carboxylic acids is 4. The highest BCUT2D eigenvalue weighted by molar-refractivity contribution is 5.88. The number of amides is 2. The first-order chi connectivity index (χ1) is 23.0. The van der Waals surface area contributed by atoms with E-state index in [4.69, 9.17) is 19.4 Å². The Morgan fingerprint density at radius 2 is 1.29 bits per heavy atom. The van der Waals surface area contributed by atoms with Gasteiger partial charge in [-0.1, -0.05) is 111 Å². The van der Waals surface area contributed by atoms with Gasteiger partial charge in [-0.15, -0.1) is 0 Å². The monoisotopic (exact) mass is 721 g/mol. The molecule has 294 valence electrons. The van der Waals surface area contributed by atoms with Crippen LogP contribution in [0.15, 0.2) is 54.6 Å². The smallest absolute Gasteiger partial charge is 0.336 e. The number of carbonyl (C=O) groups is 5. The van der Waals surface area contributed by atoms with Crippen molar-refractivity contribution in [3.63, 3.8) is 0 Å². The fourth-order valence-corrected chi connectivity index (χ4v) is 4.47. The van der Waals surface area contributed by atoms with Crippen molar-refractivity contribution >= 4 is 36.3 Å². The molecule has 51 heavy (non-hydrogen) atoms. The Labute approximate surface area is 310 Å². The number of carboxylic acid groups (broad SMARTS) is 1. The topological polar surface area (TPSA) is 148 Å². The van der Waals surface area contributed by atoms with Crippen molar-refractivity contribution in [2.24, 2.45) is 23.7 Å². The average molecular weight is 721 g/mol. The van der Waals surface area contributed by atoms with Gasteiger partial charge in [-0.05, 0) is 67.2 Å². The largest absolute Gasteiger partial charge is 0.481 e. The van der Waals surface area contributed by atoms with E-state index in [0.717, 1.165) is 47.3 Å². The van der Waals surface area contributed by atoms with Crippen LogP contribution in [0.25, 0.3) is 6.08 Å². The molecule has 2 aromatic carbocycles. The van der Waals surface area contributed by atoms with E-state index in [-0.39, 0.29) is 32.6 Å². The zero-order valence-corrected chi connectivity index (χ0v) is 32.4. The molecule has 0 aromatic heterocycles. The minimum atomic E-state index is -0.833. The number of rotatable bonds is 5. The number of carboxylic acids is 1. The van der Waals surface area contributed by atoms with Crippen LogP contribution in [0.2, 0.25) is 0 Å². The molecule has 2 amide bonds. The van der Waals surface area contributed by atoms with E-state index in [9.17, 15) is 14.4 Å². The third kappa shape index (κ3) is 36.6. The average Bonchev–Trinajstić information content (AvgIpc) is 3.32. The Hall–Kier alpha value is -4.47. The Balaban J connectivity index is -0.000000134. The number of aliphatic carboxylic acids is 1. The zero-order chi connectivity index (χ0) is 38.9. The summed E-state index contributed by atoms with van der Waals surface area (Å²) >= 11 is 0. The molecule has 0 heterocycles. The fraction of sp³-hybridized carbons (Fsp3) is 0.537. The van der Waals surface area contributed by atoms with Gasteiger partial charge in [0.25, 0.3) is 12.4 Å². The quantitative estimate of drug-likeness (QED) is 0.120. The molecule has 10 heteroatoms. The van der Waals surface area contributed by atoms with Gasteiger partial charge in [-0.25, -0.2) is 4.79 Å². The Morgan fingerprint density at radius 1 is 0.863 bits per heavy atom. The molecule has 4 unspecified atom stereocenters. The molecule has 1 aliphatic rings. The number of nitrogens with one attached hydrogen (secondary N) is 2. The number of ether oxygens (including phenoxy) is 2. The number of hydrogen-bond acceptors (Lipinski definition) is 7. The molecule has 0 bridgehead atoms. The van der Waals surface area contributed by atoms with Crippen LogP contribution in [0, 0.1) is 37.5 Å². The molecule has 0 radical (unpaired) electrons. The number of methoxy groups -OCH3 is 1. The van der Waals surface area contributed by atoms with Crippen molar-refractivity contribution in [1.82, 2.24) is 10.6 Å². The van der Waals surface area contributed by atoms with E-state index in [1.807, 2.05) is 76.2 Å². The van der Waals surface area contributed by atoms with E-state index in [1.54, 1.807) is 20.2 Å². The van der Waals surface area contributed by atoms with Crippen LogP contribution in [-0.2, 0) is 28.7 Å². The van der Waals surface area contributed by atoms with Gasteiger partial charge in [0.1, 0.15) is 5.75 Å². The first kappa shape index (κ1) is 58.7. The lowest BCUT2D eigenvalue weighted by atomic mass is 9.88. The third-order valence-corrected chi connectivity index (χ3v) is 7.07. The van der Waals surface area contributed by atoms with Crippen LogP contribution < -0.4 is 15.4 Å². The summed E-state index contributed by atoms with van der Waals surface area (Å²) in [6.45, 7) is 21.9. The number of aryl methyl sites for hydroxylation is 2. The van der Waals surface area contributed by atoms with E-state index in [1.165, 1.54) is 39.9 Å². The van der Waals surface area contributed by atoms with Gasteiger partial charge >= 0.3 is 5.97 Å². The number of benzene rings is 2. The van der Waals surface area contributed by atoms with Gasteiger partial charge in [0.2, 0.25) is 11.8 Å². The maximum atomic E-state index is 11.7. The van der Waals surface area contributed by atoms with E-state index in [2.05, 4.69) is 43.1 Å². The summed E-state index contributed by atoms with van der Waals surface area (Å²) in [5.74, 6) is 3.35. The second-order valence-corrected chi connectivity index (χ2v) is 11.0. The van der Waals surface area contributed by atoms with Gasteiger partial charge < -0.3 is 25.2 Å². The van der Waals surface area contributed by atoms with Crippen molar-refractivity contribution in [3.05, 3.63) is 71.3 Å². The molecule has 0 aliphatic heterocycles. The predicted octanol–water partition coefficient (Wildman–Crippen LogP) is 8.93. The maximum absolute atomic E-state index is 11.7. The molecular weight excluding hydrogens is 648 g/mol. The van der Waals surface area contributed by atoms with Gasteiger partial charge in [0.05, 0.1) is 7.11 Å². The molecular formula is C41H72N2O8. The summed E-state index contributed by atoms with van der Waals surface area (Å²) in [6.07, 6.45) is 6.02. The summed E-state index contributed by atoms with van der Waals surface area (Å²) in [5, 5.41) is 12.2. The molecule has 10 nitrogen and oxygen atoms in total. The lowest BCUT2D eigenvalue weighted by molar-refractivity contribution is -0.134. The molecule has 3 N–H and O–H groups in total. The van der Waals surface area contributed by atoms with Crippen molar-refractivity contribution in [2.45, 2.75) is 104 Å². The van der Waals surface area contributed by atoms with Gasteiger partial charge in [-0.3, -0.25) is 19.2 Å².